The van der Waals surface area contributed by atoms with Crippen LogP contribution in [0.15, 0.2) is 22.9 Å². The van der Waals surface area contributed by atoms with Crippen molar-refractivity contribution in [1.29, 1.82) is 0 Å². The highest BCUT2D eigenvalue weighted by atomic mass is 19.4. The number of pyridine rings is 1. The minimum atomic E-state index is -5.08. The van der Waals surface area contributed by atoms with Crippen molar-refractivity contribution in [3.63, 3.8) is 0 Å². The zero-order valence-electron chi connectivity index (χ0n) is 15.6. The molecule has 0 aromatic carbocycles. The van der Waals surface area contributed by atoms with E-state index >= 15 is 0 Å². The minimum absolute atomic E-state index is 0.119. The normalized spacial score (nSPS) is 10.6. The first kappa shape index (κ1) is 22.9. The summed E-state index contributed by atoms with van der Waals surface area (Å²) in [5.74, 6) is -1.44. The van der Waals surface area contributed by atoms with Crippen molar-refractivity contribution in [3.8, 4) is 0 Å². The summed E-state index contributed by atoms with van der Waals surface area (Å²) >= 11 is 0. The third kappa shape index (κ3) is 6.89. The zero-order valence-corrected chi connectivity index (χ0v) is 15.6. The number of halogens is 3. The van der Waals surface area contributed by atoms with Gasteiger partial charge in [0.1, 0.15) is 11.6 Å². The van der Waals surface area contributed by atoms with E-state index in [1.807, 2.05) is 13.8 Å². The number of carbonyl (C=O) groups is 2. The molecule has 0 aliphatic heterocycles. The largest absolute Gasteiger partial charge is 0.490 e. The molecule has 0 aliphatic carbocycles. The highest BCUT2D eigenvalue weighted by molar-refractivity contribution is 5.98. The fourth-order valence-electron chi connectivity index (χ4n) is 2.21. The summed E-state index contributed by atoms with van der Waals surface area (Å²) in [5.41, 5.74) is 2.60. The maximum absolute atomic E-state index is 12.1. The van der Waals surface area contributed by atoms with Gasteiger partial charge in [-0.2, -0.15) is 13.2 Å². The Morgan fingerprint density at radius 3 is 2.43 bits per heavy atom. The molecule has 0 fully saturated rings. The molecule has 0 bridgehead atoms. The predicted octanol–water partition coefficient (Wildman–Crippen LogP) is 2.72. The number of aliphatic carboxylic acids is 1. The number of nitrogens with zero attached hydrogens (tertiary/aromatic N) is 2. The number of rotatable bonds is 6. The number of nitrogens with one attached hydrogen (secondary N) is 2. The van der Waals surface area contributed by atoms with Crippen molar-refractivity contribution < 1.29 is 32.4 Å². The van der Waals surface area contributed by atoms with Gasteiger partial charge in [-0.05, 0) is 38.8 Å². The molecule has 0 atom stereocenters. The van der Waals surface area contributed by atoms with Crippen LogP contribution in [0.2, 0.25) is 0 Å². The first-order valence-electron chi connectivity index (χ1n) is 8.20. The molecule has 3 N–H and O–H groups in total. The zero-order chi connectivity index (χ0) is 21.3. The number of anilines is 1. The van der Waals surface area contributed by atoms with Crippen LogP contribution in [0.25, 0.3) is 0 Å². The van der Waals surface area contributed by atoms with Gasteiger partial charge in [-0.25, -0.2) is 9.78 Å². The molecule has 2 aromatic rings. The van der Waals surface area contributed by atoms with E-state index in [2.05, 4.69) is 20.8 Å². The topological polar surface area (TPSA) is 117 Å². The van der Waals surface area contributed by atoms with Gasteiger partial charge in [0, 0.05) is 25.4 Å². The van der Waals surface area contributed by atoms with Crippen LogP contribution in [-0.4, -0.2) is 46.9 Å². The molecule has 8 nitrogen and oxygen atoms in total. The van der Waals surface area contributed by atoms with Crippen LogP contribution in [0, 0.1) is 13.8 Å². The summed E-state index contributed by atoms with van der Waals surface area (Å²) < 4.78 is 36.9. The van der Waals surface area contributed by atoms with Crippen LogP contribution in [0.3, 0.4) is 0 Å². The van der Waals surface area contributed by atoms with Gasteiger partial charge in [0.25, 0.3) is 5.91 Å². The maximum atomic E-state index is 12.1. The van der Waals surface area contributed by atoms with Gasteiger partial charge in [-0.1, -0.05) is 5.16 Å². The molecule has 2 aromatic heterocycles. The summed E-state index contributed by atoms with van der Waals surface area (Å²) in [4.78, 5) is 25.1. The number of aromatic nitrogens is 2. The second kappa shape index (κ2) is 10.3. The van der Waals surface area contributed by atoms with Gasteiger partial charge in [0.15, 0.2) is 0 Å². The van der Waals surface area contributed by atoms with Crippen LogP contribution in [-0.2, 0) is 11.2 Å². The van der Waals surface area contributed by atoms with Crippen LogP contribution >= 0.6 is 0 Å². The first-order valence-corrected chi connectivity index (χ1v) is 8.20. The SMILES string of the molecule is CNc1ncccc1C(=O)NCCCc1c(C)noc1C.O=C(O)C(F)(F)F. The van der Waals surface area contributed by atoms with E-state index in [-0.39, 0.29) is 5.91 Å². The van der Waals surface area contributed by atoms with Crippen molar-refractivity contribution in [3.05, 3.63) is 40.9 Å². The Labute approximate surface area is 159 Å². The van der Waals surface area contributed by atoms with Gasteiger partial charge >= 0.3 is 12.1 Å². The Morgan fingerprint density at radius 1 is 1.29 bits per heavy atom. The molecule has 0 unspecified atom stereocenters. The van der Waals surface area contributed by atoms with Crippen LogP contribution < -0.4 is 10.6 Å². The molecular formula is C17H21F3N4O4. The van der Waals surface area contributed by atoms with Crippen molar-refractivity contribution in [2.75, 3.05) is 18.9 Å². The maximum Gasteiger partial charge on any atom is 0.490 e. The molecule has 0 saturated heterocycles. The van der Waals surface area contributed by atoms with Crippen molar-refractivity contribution in [2.45, 2.75) is 32.9 Å². The predicted molar refractivity (Wildman–Crippen MR) is 94.1 cm³/mol. The van der Waals surface area contributed by atoms with E-state index < -0.39 is 12.1 Å². The van der Waals surface area contributed by atoms with Crippen LogP contribution in [0.1, 0.15) is 33.8 Å². The lowest BCUT2D eigenvalue weighted by Crippen LogP contribution is -2.25. The average molecular weight is 402 g/mol. The number of hydrogen-bond acceptors (Lipinski definition) is 6. The van der Waals surface area contributed by atoms with Gasteiger partial charge < -0.3 is 20.3 Å². The van der Waals surface area contributed by atoms with E-state index in [0.717, 1.165) is 29.9 Å². The second-order valence-corrected chi connectivity index (χ2v) is 5.61. The summed E-state index contributed by atoms with van der Waals surface area (Å²) in [6.07, 6.45) is -1.75. The lowest BCUT2D eigenvalue weighted by atomic mass is 10.1. The fraction of sp³-hybridized carbons (Fsp3) is 0.412. The lowest BCUT2D eigenvalue weighted by Gasteiger charge is -2.08. The summed E-state index contributed by atoms with van der Waals surface area (Å²) in [6, 6.07) is 3.50. The number of carboxylic acid groups (broad SMARTS) is 1. The number of hydrogen-bond donors (Lipinski definition) is 3. The van der Waals surface area contributed by atoms with Crippen LogP contribution in [0.4, 0.5) is 19.0 Å². The summed E-state index contributed by atoms with van der Waals surface area (Å²) in [6.45, 7) is 4.43. The molecule has 11 heteroatoms. The van der Waals surface area contributed by atoms with E-state index in [1.165, 1.54) is 0 Å². The number of carboxylic acids is 1. The first-order chi connectivity index (χ1) is 13.1. The Hall–Kier alpha value is -3.11. The van der Waals surface area contributed by atoms with Gasteiger partial charge in [-0.3, -0.25) is 4.79 Å². The monoisotopic (exact) mass is 402 g/mol. The molecule has 154 valence electrons. The lowest BCUT2D eigenvalue weighted by molar-refractivity contribution is -0.192. The number of carbonyl (C=O) groups excluding carboxylic acids is 1. The second-order valence-electron chi connectivity index (χ2n) is 5.61. The molecular weight excluding hydrogens is 381 g/mol. The molecule has 2 rings (SSSR count). The molecule has 1 amide bonds. The Balaban J connectivity index is 0.000000480. The van der Waals surface area contributed by atoms with Gasteiger partial charge in [-0.15, -0.1) is 0 Å². The van der Waals surface area contributed by atoms with Crippen LogP contribution in [0.5, 0.6) is 0 Å². The smallest absolute Gasteiger partial charge is 0.475 e. The van der Waals surface area contributed by atoms with Gasteiger partial charge in [0.2, 0.25) is 0 Å². The third-order valence-electron chi connectivity index (χ3n) is 3.60. The molecule has 0 spiro atoms. The number of aryl methyl sites for hydroxylation is 2. The van der Waals surface area contributed by atoms with Crippen molar-refractivity contribution in [1.82, 2.24) is 15.5 Å². The minimum Gasteiger partial charge on any atom is -0.475 e. The highest BCUT2D eigenvalue weighted by Gasteiger charge is 2.38. The average Bonchev–Trinajstić information content (AvgIpc) is 2.96. The quantitative estimate of drug-likeness (QED) is 0.636. The van der Waals surface area contributed by atoms with E-state index in [0.29, 0.717) is 17.9 Å². The van der Waals surface area contributed by atoms with E-state index in [4.69, 9.17) is 14.4 Å². The number of alkyl halides is 3. The van der Waals surface area contributed by atoms with Gasteiger partial charge in [0.05, 0.1) is 11.3 Å². The summed E-state index contributed by atoms with van der Waals surface area (Å²) in [7, 11) is 1.75. The Bertz CT molecular complexity index is 786. The third-order valence-corrected chi connectivity index (χ3v) is 3.60. The molecule has 0 radical (unpaired) electrons. The Morgan fingerprint density at radius 2 is 1.93 bits per heavy atom. The molecule has 0 aliphatic rings. The number of amides is 1. The standard InChI is InChI=1S/C15H20N4O2.C2HF3O2/c1-10-12(11(2)21-19-10)6-4-9-18-15(20)13-7-5-8-17-14(13)16-3;3-2(4,5)1(6)7/h5,7-8H,4,6,9H2,1-3H3,(H,16,17)(H,18,20);(H,6,7). The molecule has 2 heterocycles. The fourth-order valence-corrected chi connectivity index (χ4v) is 2.21. The summed E-state index contributed by atoms with van der Waals surface area (Å²) in [5, 5.41) is 16.9. The van der Waals surface area contributed by atoms with Crippen molar-refractivity contribution >= 4 is 17.7 Å². The highest BCUT2D eigenvalue weighted by Crippen LogP contribution is 2.14. The van der Waals surface area contributed by atoms with Crippen molar-refractivity contribution in [2.24, 2.45) is 0 Å². The van der Waals surface area contributed by atoms with E-state index in [1.54, 1.807) is 25.4 Å². The molecule has 0 saturated carbocycles. The molecule has 28 heavy (non-hydrogen) atoms. The van der Waals surface area contributed by atoms with E-state index in [9.17, 15) is 18.0 Å². The Kier molecular flexibility index (Phi) is 8.42.